The van der Waals surface area contributed by atoms with Crippen LogP contribution in [0.2, 0.25) is 0 Å². The van der Waals surface area contributed by atoms with Gasteiger partial charge >= 0.3 is 0 Å². The number of aliphatic imine (C=N–C) groups is 1. The Morgan fingerprint density at radius 1 is 0.969 bits per heavy atom. The van der Waals surface area contributed by atoms with Gasteiger partial charge in [0.2, 0.25) is 0 Å². The lowest BCUT2D eigenvalue weighted by atomic mass is 9.91. The SMILES string of the molecule is CCOc1ccc(C2=NCCNC3=C2[C@H](c2ccccc2)N(c2ccccc2)C3=O)cc1. The monoisotopic (exact) mass is 423 g/mol. The van der Waals surface area contributed by atoms with Crippen molar-refractivity contribution in [3.05, 3.63) is 107 Å². The molecule has 0 unspecified atom stereocenters. The van der Waals surface area contributed by atoms with E-state index in [1.54, 1.807) is 0 Å². The predicted molar refractivity (Wildman–Crippen MR) is 127 cm³/mol. The Kier molecular flexibility index (Phi) is 5.46. The largest absolute Gasteiger partial charge is 0.494 e. The van der Waals surface area contributed by atoms with E-state index >= 15 is 0 Å². The summed E-state index contributed by atoms with van der Waals surface area (Å²) in [6.45, 7) is 3.82. The lowest BCUT2D eigenvalue weighted by Crippen LogP contribution is -2.33. The molecular formula is C27H25N3O2. The smallest absolute Gasteiger partial charge is 0.275 e. The zero-order valence-corrected chi connectivity index (χ0v) is 18.0. The molecule has 1 N–H and O–H groups in total. The number of carbonyl (C=O) groups is 1. The van der Waals surface area contributed by atoms with Crippen molar-refractivity contribution in [2.24, 2.45) is 4.99 Å². The number of carbonyl (C=O) groups excluding carboxylic acids is 1. The van der Waals surface area contributed by atoms with Crippen molar-refractivity contribution < 1.29 is 9.53 Å². The molecule has 1 atom stereocenters. The Labute approximate surface area is 188 Å². The fraction of sp³-hybridized carbons (Fsp3) is 0.185. The molecule has 5 rings (SSSR count). The van der Waals surface area contributed by atoms with Crippen molar-refractivity contribution >= 4 is 17.3 Å². The molecule has 5 heteroatoms. The molecule has 160 valence electrons. The number of rotatable bonds is 5. The number of anilines is 1. The van der Waals surface area contributed by atoms with E-state index in [4.69, 9.17) is 9.73 Å². The van der Waals surface area contributed by atoms with Crippen LogP contribution in [0.25, 0.3) is 0 Å². The van der Waals surface area contributed by atoms with Gasteiger partial charge in [0.15, 0.2) is 0 Å². The summed E-state index contributed by atoms with van der Waals surface area (Å²) in [6.07, 6.45) is 0. The lowest BCUT2D eigenvalue weighted by molar-refractivity contribution is -0.115. The number of nitrogens with one attached hydrogen (secondary N) is 1. The minimum Gasteiger partial charge on any atom is -0.494 e. The average molecular weight is 424 g/mol. The van der Waals surface area contributed by atoms with Crippen LogP contribution < -0.4 is 15.0 Å². The zero-order chi connectivity index (χ0) is 21.9. The molecule has 0 bridgehead atoms. The molecule has 32 heavy (non-hydrogen) atoms. The van der Waals surface area contributed by atoms with Crippen LogP contribution in [0.3, 0.4) is 0 Å². The molecule has 0 fully saturated rings. The first kappa shape index (κ1) is 20.1. The van der Waals surface area contributed by atoms with Crippen molar-refractivity contribution in [1.82, 2.24) is 5.32 Å². The molecule has 3 aromatic rings. The Morgan fingerprint density at radius 3 is 2.34 bits per heavy atom. The molecule has 0 aromatic heterocycles. The van der Waals surface area contributed by atoms with Gasteiger partial charge in [-0.3, -0.25) is 14.7 Å². The number of ether oxygens (including phenoxy) is 1. The summed E-state index contributed by atoms with van der Waals surface area (Å²) in [5.74, 6) is 0.798. The second-order valence-corrected chi connectivity index (χ2v) is 7.73. The highest BCUT2D eigenvalue weighted by atomic mass is 16.5. The summed E-state index contributed by atoms with van der Waals surface area (Å²) < 4.78 is 5.62. The normalized spacial score (nSPS) is 18.0. The van der Waals surface area contributed by atoms with Crippen LogP contribution >= 0.6 is 0 Å². The fourth-order valence-corrected chi connectivity index (χ4v) is 4.40. The fourth-order valence-electron chi connectivity index (χ4n) is 4.40. The lowest BCUT2D eigenvalue weighted by Gasteiger charge is -2.28. The first-order valence-corrected chi connectivity index (χ1v) is 11.0. The standard InChI is InChI=1S/C27H25N3O2/c1-2-32-22-15-13-19(14-16-22)24-23-25(29-18-17-28-24)27(31)30(21-11-7-4-8-12-21)26(23)20-9-5-3-6-10-20/h3-16,26,29H,2,17-18H2,1H3/t26-/m0/s1. The third-order valence-electron chi connectivity index (χ3n) is 5.76. The van der Waals surface area contributed by atoms with E-state index in [0.29, 0.717) is 25.4 Å². The number of benzene rings is 3. The highest BCUT2D eigenvalue weighted by molar-refractivity contribution is 6.23. The zero-order valence-electron chi connectivity index (χ0n) is 18.0. The Bertz CT molecular complexity index is 1170. The van der Waals surface area contributed by atoms with Crippen LogP contribution in [0.15, 0.2) is 101 Å². The number of nitrogens with zero attached hydrogens (tertiary/aromatic N) is 2. The van der Waals surface area contributed by atoms with Crippen molar-refractivity contribution in [2.75, 3.05) is 24.6 Å². The van der Waals surface area contributed by atoms with E-state index in [1.807, 2.05) is 84.6 Å². The molecule has 1 amide bonds. The molecule has 0 spiro atoms. The van der Waals surface area contributed by atoms with Gasteiger partial charge in [0, 0.05) is 23.4 Å². The molecule has 2 aliphatic rings. The van der Waals surface area contributed by atoms with Gasteiger partial charge in [0.25, 0.3) is 5.91 Å². The maximum Gasteiger partial charge on any atom is 0.275 e. The van der Waals surface area contributed by atoms with E-state index in [0.717, 1.165) is 33.8 Å². The second kappa shape index (κ2) is 8.71. The van der Waals surface area contributed by atoms with Crippen LogP contribution in [0.1, 0.15) is 24.1 Å². The average Bonchev–Trinajstić information content (AvgIpc) is 2.98. The third-order valence-corrected chi connectivity index (χ3v) is 5.76. The number of hydrogen-bond donors (Lipinski definition) is 1. The Hall–Kier alpha value is -3.86. The Balaban J connectivity index is 1.66. The number of para-hydroxylation sites is 1. The predicted octanol–water partition coefficient (Wildman–Crippen LogP) is 4.52. The van der Waals surface area contributed by atoms with Crippen molar-refractivity contribution in [1.29, 1.82) is 0 Å². The van der Waals surface area contributed by atoms with E-state index in [9.17, 15) is 4.79 Å². The second-order valence-electron chi connectivity index (χ2n) is 7.73. The molecule has 0 aliphatic carbocycles. The summed E-state index contributed by atoms with van der Waals surface area (Å²) >= 11 is 0. The quantitative estimate of drug-likeness (QED) is 0.657. The van der Waals surface area contributed by atoms with Crippen LogP contribution in [-0.4, -0.2) is 31.3 Å². The van der Waals surface area contributed by atoms with Crippen molar-refractivity contribution in [3.8, 4) is 5.75 Å². The minimum absolute atomic E-state index is 0.0272. The first-order chi connectivity index (χ1) is 15.8. The van der Waals surface area contributed by atoms with Gasteiger partial charge in [-0.15, -0.1) is 0 Å². The third kappa shape index (κ3) is 3.56. The summed E-state index contributed by atoms with van der Waals surface area (Å²) in [5, 5.41) is 3.37. The molecule has 2 heterocycles. The maximum atomic E-state index is 13.7. The molecule has 2 aliphatic heterocycles. The minimum atomic E-state index is -0.267. The van der Waals surface area contributed by atoms with Crippen LogP contribution in [0.4, 0.5) is 5.69 Å². The van der Waals surface area contributed by atoms with Gasteiger partial charge in [-0.25, -0.2) is 0 Å². The highest BCUT2D eigenvalue weighted by Gasteiger charge is 2.43. The molecule has 0 saturated carbocycles. The summed E-state index contributed by atoms with van der Waals surface area (Å²) in [7, 11) is 0. The van der Waals surface area contributed by atoms with E-state index in [-0.39, 0.29) is 11.9 Å². The van der Waals surface area contributed by atoms with Gasteiger partial charge in [-0.05, 0) is 48.9 Å². The number of amides is 1. The van der Waals surface area contributed by atoms with Gasteiger partial charge < -0.3 is 10.1 Å². The summed E-state index contributed by atoms with van der Waals surface area (Å²) in [6, 6.07) is 27.7. The Morgan fingerprint density at radius 2 is 1.66 bits per heavy atom. The van der Waals surface area contributed by atoms with Gasteiger partial charge in [0.05, 0.1) is 24.9 Å². The molecule has 0 saturated heterocycles. The summed E-state index contributed by atoms with van der Waals surface area (Å²) in [4.78, 5) is 20.5. The summed E-state index contributed by atoms with van der Waals surface area (Å²) in [5.41, 5.74) is 5.31. The van der Waals surface area contributed by atoms with Crippen molar-refractivity contribution in [2.45, 2.75) is 13.0 Å². The van der Waals surface area contributed by atoms with Crippen molar-refractivity contribution in [3.63, 3.8) is 0 Å². The topological polar surface area (TPSA) is 53.9 Å². The molecular weight excluding hydrogens is 398 g/mol. The van der Waals surface area contributed by atoms with Crippen LogP contribution in [0, 0.1) is 0 Å². The van der Waals surface area contributed by atoms with E-state index in [2.05, 4.69) is 17.4 Å². The molecule has 3 aromatic carbocycles. The van der Waals surface area contributed by atoms with Crippen LogP contribution in [-0.2, 0) is 4.79 Å². The molecule has 0 radical (unpaired) electrons. The highest BCUT2D eigenvalue weighted by Crippen LogP contribution is 2.42. The van der Waals surface area contributed by atoms with Crippen LogP contribution in [0.5, 0.6) is 5.75 Å². The van der Waals surface area contributed by atoms with E-state index < -0.39 is 0 Å². The van der Waals surface area contributed by atoms with Gasteiger partial charge in [-0.1, -0.05) is 48.5 Å². The van der Waals surface area contributed by atoms with Gasteiger partial charge in [0.1, 0.15) is 11.4 Å². The number of hydrogen-bond acceptors (Lipinski definition) is 4. The van der Waals surface area contributed by atoms with Gasteiger partial charge in [-0.2, -0.15) is 0 Å². The first-order valence-electron chi connectivity index (χ1n) is 11.0. The molecule has 5 nitrogen and oxygen atoms in total. The van der Waals surface area contributed by atoms with E-state index in [1.165, 1.54) is 0 Å². The maximum absolute atomic E-state index is 13.7.